The summed E-state index contributed by atoms with van der Waals surface area (Å²) in [6.45, 7) is 8.86. The maximum absolute atomic E-state index is 12.6. The average Bonchev–Trinajstić information content (AvgIpc) is 3.26. The highest BCUT2D eigenvalue weighted by molar-refractivity contribution is 8.27. The van der Waals surface area contributed by atoms with Crippen LogP contribution in [0.25, 0.3) is 6.08 Å². The Labute approximate surface area is 209 Å². The highest BCUT2D eigenvalue weighted by atomic mass is 32.2. The van der Waals surface area contributed by atoms with Gasteiger partial charge in [-0.25, -0.2) is 0 Å². The minimum Gasteiger partial charge on any atom is -0.493 e. The number of amidine groups is 2. The number of amides is 1. The normalized spacial score (nSPS) is 16.4. The average molecular weight is 493 g/mol. The van der Waals surface area contributed by atoms with Gasteiger partial charge >= 0.3 is 0 Å². The Balaban J connectivity index is 1.44. The number of rotatable bonds is 8. The fraction of sp³-hybridized carbons (Fsp3) is 0.308. The van der Waals surface area contributed by atoms with Gasteiger partial charge in [0, 0.05) is 5.92 Å². The van der Waals surface area contributed by atoms with Crippen LogP contribution in [0, 0.1) is 25.2 Å². The van der Waals surface area contributed by atoms with E-state index in [0.29, 0.717) is 35.4 Å². The van der Waals surface area contributed by atoms with Crippen LogP contribution >= 0.6 is 11.8 Å². The number of carbonyl (C=O) groups excluding carboxylic acids is 1. The maximum Gasteiger partial charge on any atom is 0.283 e. The molecule has 0 saturated carbocycles. The predicted octanol–water partition coefficient (Wildman–Crippen LogP) is 5.05. The van der Waals surface area contributed by atoms with E-state index in [4.69, 9.17) is 19.6 Å². The molecule has 35 heavy (non-hydrogen) atoms. The lowest BCUT2D eigenvalue weighted by Crippen LogP contribution is -2.35. The second kappa shape index (κ2) is 10.4. The lowest BCUT2D eigenvalue weighted by molar-refractivity contribution is -0.114. The molecule has 0 aromatic heterocycles. The van der Waals surface area contributed by atoms with Gasteiger partial charge in [0.1, 0.15) is 24.0 Å². The summed E-state index contributed by atoms with van der Waals surface area (Å²) in [5.41, 5.74) is 3.25. The zero-order valence-corrected chi connectivity index (χ0v) is 21.2. The Morgan fingerprint density at radius 2 is 1.83 bits per heavy atom. The Morgan fingerprint density at radius 3 is 2.54 bits per heavy atom. The first kappa shape index (κ1) is 24.5. The summed E-state index contributed by atoms with van der Waals surface area (Å²) in [5, 5.41) is 15.6. The first-order valence-electron chi connectivity index (χ1n) is 11.3. The molecule has 0 bridgehead atoms. The van der Waals surface area contributed by atoms with E-state index in [1.165, 1.54) is 27.9 Å². The van der Waals surface area contributed by atoms with Gasteiger partial charge in [0.25, 0.3) is 5.91 Å². The number of hydrazone groups is 1. The van der Waals surface area contributed by atoms with Crippen molar-refractivity contribution in [1.82, 2.24) is 5.01 Å². The first-order chi connectivity index (χ1) is 16.8. The van der Waals surface area contributed by atoms with E-state index in [0.717, 1.165) is 10.8 Å². The third kappa shape index (κ3) is 5.40. The van der Waals surface area contributed by atoms with E-state index in [9.17, 15) is 4.79 Å². The number of methoxy groups -OCH3 is 1. The topological polar surface area (TPSA) is 96.6 Å². The Hall–Kier alpha value is -3.59. The van der Waals surface area contributed by atoms with Crippen LogP contribution < -0.4 is 14.2 Å². The molecule has 1 N–H and O–H groups in total. The summed E-state index contributed by atoms with van der Waals surface area (Å²) >= 11 is 1.33. The molecule has 2 aromatic rings. The molecule has 0 radical (unpaired) electrons. The van der Waals surface area contributed by atoms with Crippen molar-refractivity contribution >= 4 is 39.8 Å². The van der Waals surface area contributed by atoms with Crippen LogP contribution in [0.1, 0.15) is 30.5 Å². The molecule has 4 rings (SSSR count). The monoisotopic (exact) mass is 492 g/mol. The number of hydrogen-bond donors (Lipinski definition) is 1. The molecule has 0 atom stereocenters. The van der Waals surface area contributed by atoms with Crippen molar-refractivity contribution in [3.05, 3.63) is 58.7 Å². The quantitative estimate of drug-likeness (QED) is 0.409. The van der Waals surface area contributed by atoms with Crippen LogP contribution in [0.15, 0.2) is 52.1 Å². The minimum absolute atomic E-state index is 0.00549. The summed E-state index contributed by atoms with van der Waals surface area (Å²) < 4.78 is 17.1. The second-order valence-electron chi connectivity index (χ2n) is 8.47. The molecule has 1 amide bonds. The summed E-state index contributed by atoms with van der Waals surface area (Å²) in [5.74, 6) is 1.61. The summed E-state index contributed by atoms with van der Waals surface area (Å²) in [6, 6.07) is 11.3. The van der Waals surface area contributed by atoms with E-state index >= 15 is 0 Å². The fourth-order valence-electron chi connectivity index (χ4n) is 3.41. The number of aryl methyl sites for hydroxylation is 2. The SMILES string of the molecule is COc1cc(C=C2C(=N)N3N=C(C(C)C)SC3=NC2=O)ccc1OCCOc1ccc(C)c(C)c1. The molecule has 0 fully saturated rings. The highest BCUT2D eigenvalue weighted by Crippen LogP contribution is 2.32. The molecular weight excluding hydrogens is 464 g/mol. The molecule has 0 saturated heterocycles. The van der Waals surface area contributed by atoms with E-state index in [1.54, 1.807) is 31.4 Å². The number of aliphatic imine (C=N–C) groups is 1. The highest BCUT2D eigenvalue weighted by Gasteiger charge is 2.36. The molecule has 2 heterocycles. The van der Waals surface area contributed by atoms with E-state index in [-0.39, 0.29) is 17.3 Å². The second-order valence-corrected chi connectivity index (χ2v) is 9.45. The van der Waals surface area contributed by atoms with Gasteiger partial charge in [0.05, 0.1) is 12.7 Å². The standard InChI is InChI=1S/C26H28N4O4S/c1-15(2)25-29-30-23(27)20(24(31)28-26(30)35-25)13-18-7-9-21(22(14-18)32-5)34-11-10-33-19-8-6-16(3)17(4)12-19/h6-9,12-15,27H,10-11H2,1-5H3. The van der Waals surface area contributed by atoms with E-state index in [1.807, 2.05) is 39.0 Å². The van der Waals surface area contributed by atoms with E-state index in [2.05, 4.69) is 17.0 Å². The lowest BCUT2D eigenvalue weighted by Gasteiger charge is -2.20. The minimum atomic E-state index is -0.461. The van der Waals surface area contributed by atoms with Crippen LogP contribution in [0.2, 0.25) is 0 Å². The van der Waals surface area contributed by atoms with Gasteiger partial charge in [0.2, 0.25) is 5.17 Å². The molecule has 8 nitrogen and oxygen atoms in total. The number of carbonyl (C=O) groups is 1. The predicted molar refractivity (Wildman–Crippen MR) is 140 cm³/mol. The number of hydrogen-bond acceptors (Lipinski definition) is 7. The third-order valence-electron chi connectivity index (χ3n) is 5.55. The molecule has 0 aliphatic carbocycles. The Morgan fingerprint density at radius 1 is 1.06 bits per heavy atom. The number of nitrogens with zero attached hydrogens (tertiary/aromatic N) is 3. The van der Waals surface area contributed by atoms with E-state index < -0.39 is 5.91 Å². The van der Waals surface area contributed by atoms with Crippen LogP contribution in [-0.4, -0.2) is 47.3 Å². The number of benzene rings is 2. The molecular formula is C26H28N4O4S. The molecule has 2 aromatic carbocycles. The first-order valence-corrected chi connectivity index (χ1v) is 12.1. The Bertz CT molecular complexity index is 1270. The summed E-state index contributed by atoms with van der Waals surface area (Å²) in [4.78, 5) is 16.7. The Kier molecular flexibility index (Phi) is 7.25. The number of ether oxygens (including phenoxy) is 3. The van der Waals surface area contributed by atoms with Gasteiger partial charge in [-0.2, -0.15) is 15.1 Å². The van der Waals surface area contributed by atoms with Gasteiger partial charge in [-0.3, -0.25) is 10.2 Å². The van der Waals surface area contributed by atoms with Gasteiger partial charge in [-0.05, 0) is 72.6 Å². The molecule has 0 unspecified atom stereocenters. The van der Waals surface area contributed by atoms with Crippen LogP contribution in [-0.2, 0) is 4.79 Å². The van der Waals surface area contributed by atoms with Gasteiger partial charge in [-0.15, -0.1) is 0 Å². The molecule has 0 spiro atoms. The third-order valence-corrected chi connectivity index (χ3v) is 6.76. The van der Waals surface area contributed by atoms with Crippen molar-refractivity contribution in [2.45, 2.75) is 27.7 Å². The molecule has 2 aliphatic heterocycles. The van der Waals surface area contributed by atoms with Gasteiger partial charge in [0.15, 0.2) is 17.3 Å². The largest absolute Gasteiger partial charge is 0.493 e. The zero-order valence-electron chi connectivity index (χ0n) is 20.4. The van der Waals surface area contributed by atoms with Gasteiger partial charge in [-0.1, -0.05) is 26.0 Å². The lowest BCUT2D eigenvalue weighted by atomic mass is 10.1. The van der Waals surface area contributed by atoms with Gasteiger partial charge < -0.3 is 14.2 Å². The summed E-state index contributed by atoms with van der Waals surface area (Å²) in [6.07, 6.45) is 1.62. The van der Waals surface area contributed by atoms with Crippen molar-refractivity contribution < 1.29 is 19.0 Å². The molecule has 2 aliphatic rings. The van der Waals surface area contributed by atoms with Crippen molar-refractivity contribution in [3.63, 3.8) is 0 Å². The number of thioether (sulfide) groups is 1. The molecule has 9 heteroatoms. The van der Waals surface area contributed by atoms with Crippen LogP contribution in [0.3, 0.4) is 0 Å². The smallest absolute Gasteiger partial charge is 0.283 e. The number of fused-ring (bicyclic) bond motifs is 1. The summed E-state index contributed by atoms with van der Waals surface area (Å²) in [7, 11) is 1.55. The van der Waals surface area contributed by atoms with Crippen molar-refractivity contribution in [2.24, 2.45) is 16.0 Å². The fourth-order valence-corrected chi connectivity index (χ4v) is 4.31. The van der Waals surface area contributed by atoms with Crippen LogP contribution in [0.4, 0.5) is 0 Å². The maximum atomic E-state index is 12.6. The van der Waals surface area contributed by atoms with Crippen molar-refractivity contribution in [3.8, 4) is 17.2 Å². The van der Waals surface area contributed by atoms with Crippen molar-refractivity contribution in [2.75, 3.05) is 20.3 Å². The molecule has 182 valence electrons. The zero-order chi connectivity index (χ0) is 25.1. The van der Waals surface area contributed by atoms with Crippen LogP contribution in [0.5, 0.6) is 17.2 Å². The number of nitrogens with one attached hydrogen (secondary N) is 1. The van der Waals surface area contributed by atoms with Crippen molar-refractivity contribution in [1.29, 1.82) is 5.41 Å².